The van der Waals surface area contributed by atoms with Gasteiger partial charge in [0.05, 0.1) is 20.8 Å². The van der Waals surface area contributed by atoms with Gasteiger partial charge in [0.25, 0.3) is 0 Å². The van der Waals surface area contributed by atoms with Crippen LogP contribution in [0.25, 0.3) is 0 Å². The number of guanidine groups is 1. The quantitative estimate of drug-likeness (QED) is 0.433. The van der Waals surface area contributed by atoms with Gasteiger partial charge in [0, 0.05) is 18.2 Å². The SMILES string of the molecule is CCNC(=NCc1cccc(OC)c1OC)NC(C)C.I. The second-order valence-corrected chi connectivity index (χ2v) is 4.65. The molecule has 0 saturated carbocycles. The van der Waals surface area contributed by atoms with Crippen molar-refractivity contribution >= 4 is 29.9 Å². The maximum Gasteiger partial charge on any atom is 0.191 e. The lowest BCUT2D eigenvalue weighted by Gasteiger charge is -2.15. The minimum atomic E-state index is 0. The fourth-order valence-electron chi connectivity index (χ4n) is 1.84. The van der Waals surface area contributed by atoms with E-state index in [2.05, 4.69) is 29.5 Å². The topological polar surface area (TPSA) is 54.9 Å². The van der Waals surface area contributed by atoms with E-state index >= 15 is 0 Å². The van der Waals surface area contributed by atoms with Crippen LogP contribution in [0.2, 0.25) is 0 Å². The summed E-state index contributed by atoms with van der Waals surface area (Å²) < 4.78 is 10.7. The molecule has 0 fully saturated rings. The van der Waals surface area contributed by atoms with Crippen molar-refractivity contribution in [2.75, 3.05) is 20.8 Å². The molecular weight excluding hydrogens is 381 g/mol. The number of benzene rings is 1. The zero-order valence-corrected chi connectivity index (χ0v) is 15.7. The average Bonchev–Trinajstić information content (AvgIpc) is 2.43. The van der Waals surface area contributed by atoms with Crippen LogP contribution in [0.3, 0.4) is 0 Å². The number of halogens is 1. The van der Waals surface area contributed by atoms with E-state index < -0.39 is 0 Å². The number of hydrogen-bond acceptors (Lipinski definition) is 3. The van der Waals surface area contributed by atoms with Gasteiger partial charge in [0.15, 0.2) is 17.5 Å². The molecule has 1 rings (SSSR count). The Bertz CT molecular complexity index is 451. The molecule has 0 atom stereocenters. The van der Waals surface area contributed by atoms with Gasteiger partial charge in [-0.3, -0.25) is 0 Å². The van der Waals surface area contributed by atoms with Crippen molar-refractivity contribution < 1.29 is 9.47 Å². The van der Waals surface area contributed by atoms with Gasteiger partial charge in [0.1, 0.15) is 0 Å². The molecule has 0 unspecified atom stereocenters. The summed E-state index contributed by atoms with van der Waals surface area (Å²) in [6.45, 7) is 7.57. The molecule has 0 aliphatic heterocycles. The summed E-state index contributed by atoms with van der Waals surface area (Å²) in [6.07, 6.45) is 0. The third-order valence-electron chi connectivity index (χ3n) is 2.66. The van der Waals surface area contributed by atoms with Gasteiger partial charge < -0.3 is 20.1 Å². The number of ether oxygens (including phenoxy) is 2. The van der Waals surface area contributed by atoms with E-state index in [9.17, 15) is 0 Å². The summed E-state index contributed by atoms with van der Waals surface area (Å²) in [4.78, 5) is 4.57. The summed E-state index contributed by atoms with van der Waals surface area (Å²) in [7, 11) is 3.28. The molecule has 1 aromatic rings. The van der Waals surface area contributed by atoms with E-state index in [0.717, 1.165) is 29.6 Å². The molecule has 6 heteroatoms. The van der Waals surface area contributed by atoms with E-state index in [0.29, 0.717) is 12.6 Å². The van der Waals surface area contributed by atoms with Crippen molar-refractivity contribution in [3.8, 4) is 11.5 Å². The van der Waals surface area contributed by atoms with Gasteiger partial charge in [-0.05, 0) is 26.8 Å². The highest BCUT2D eigenvalue weighted by Gasteiger charge is 2.09. The fourth-order valence-corrected chi connectivity index (χ4v) is 1.84. The average molecular weight is 407 g/mol. The van der Waals surface area contributed by atoms with Crippen molar-refractivity contribution in [3.63, 3.8) is 0 Å². The van der Waals surface area contributed by atoms with Gasteiger partial charge in [-0.1, -0.05) is 12.1 Å². The van der Waals surface area contributed by atoms with Crippen LogP contribution in [0.1, 0.15) is 26.3 Å². The first-order chi connectivity index (χ1) is 9.62. The van der Waals surface area contributed by atoms with E-state index in [1.54, 1.807) is 14.2 Å². The first kappa shape index (κ1) is 19.8. The van der Waals surface area contributed by atoms with Gasteiger partial charge in [-0.2, -0.15) is 0 Å². The maximum atomic E-state index is 5.41. The van der Waals surface area contributed by atoms with E-state index in [1.807, 2.05) is 25.1 Å². The van der Waals surface area contributed by atoms with Crippen molar-refractivity contribution in [3.05, 3.63) is 23.8 Å². The van der Waals surface area contributed by atoms with Gasteiger partial charge in [-0.25, -0.2) is 4.99 Å². The highest BCUT2D eigenvalue weighted by atomic mass is 127. The minimum Gasteiger partial charge on any atom is -0.493 e. The lowest BCUT2D eigenvalue weighted by Crippen LogP contribution is -2.41. The Kier molecular flexibility index (Phi) is 9.94. The zero-order valence-electron chi connectivity index (χ0n) is 13.4. The molecule has 0 aliphatic rings. The van der Waals surface area contributed by atoms with Crippen LogP contribution in [-0.4, -0.2) is 32.8 Å². The van der Waals surface area contributed by atoms with Crippen LogP contribution in [0.4, 0.5) is 0 Å². The summed E-state index contributed by atoms with van der Waals surface area (Å²) in [5.74, 6) is 2.26. The molecule has 0 amide bonds. The number of para-hydroxylation sites is 1. The summed E-state index contributed by atoms with van der Waals surface area (Å²) >= 11 is 0. The van der Waals surface area contributed by atoms with Crippen molar-refractivity contribution in [1.29, 1.82) is 0 Å². The molecule has 0 radical (unpaired) electrons. The zero-order chi connectivity index (χ0) is 15.0. The Morgan fingerprint density at radius 2 is 1.95 bits per heavy atom. The van der Waals surface area contributed by atoms with Gasteiger partial charge >= 0.3 is 0 Å². The number of nitrogens with one attached hydrogen (secondary N) is 2. The Morgan fingerprint density at radius 3 is 2.48 bits per heavy atom. The third kappa shape index (κ3) is 6.41. The minimum absolute atomic E-state index is 0. The second kappa shape index (κ2) is 10.5. The number of aliphatic imine (C=N–C) groups is 1. The molecule has 0 aromatic heterocycles. The first-order valence-electron chi connectivity index (χ1n) is 6.87. The smallest absolute Gasteiger partial charge is 0.191 e. The normalized spacial score (nSPS) is 10.9. The fraction of sp³-hybridized carbons (Fsp3) is 0.533. The summed E-state index contributed by atoms with van der Waals surface area (Å²) in [6, 6.07) is 6.14. The molecule has 1 aromatic carbocycles. The third-order valence-corrected chi connectivity index (χ3v) is 2.66. The van der Waals surface area contributed by atoms with E-state index in [-0.39, 0.29) is 24.0 Å². The molecule has 0 saturated heterocycles. The largest absolute Gasteiger partial charge is 0.493 e. The van der Waals surface area contributed by atoms with E-state index in [4.69, 9.17) is 9.47 Å². The van der Waals surface area contributed by atoms with Crippen molar-refractivity contribution in [1.82, 2.24) is 10.6 Å². The predicted octanol–water partition coefficient (Wildman–Crippen LogP) is 2.79. The van der Waals surface area contributed by atoms with Gasteiger partial charge in [-0.15, -0.1) is 24.0 Å². The predicted molar refractivity (Wildman–Crippen MR) is 98.0 cm³/mol. The number of nitrogens with zero attached hydrogens (tertiary/aromatic N) is 1. The molecule has 0 aliphatic carbocycles. The summed E-state index contributed by atoms with van der Waals surface area (Å²) in [5, 5.41) is 6.50. The Morgan fingerprint density at radius 1 is 1.24 bits per heavy atom. The first-order valence-corrected chi connectivity index (χ1v) is 6.87. The number of rotatable bonds is 6. The molecule has 21 heavy (non-hydrogen) atoms. The molecule has 120 valence electrons. The Labute approximate surface area is 144 Å². The van der Waals surface area contributed by atoms with Crippen molar-refractivity contribution in [2.24, 2.45) is 4.99 Å². The van der Waals surface area contributed by atoms with Crippen LogP contribution < -0.4 is 20.1 Å². The number of methoxy groups -OCH3 is 2. The van der Waals surface area contributed by atoms with Crippen LogP contribution in [0, 0.1) is 0 Å². The summed E-state index contributed by atoms with van der Waals surface area (Å²) in [5.41, 5.74) is 0.993. The van der Waals surface area contributed by atoms with Crippen LogP contribution in [0.15, 0.2) is 23.2 Å². The highest BCUT2D eigenvalue weighted by molar-refractivity contribution is 14.0. The van der Waals surface area contributed by atoms with Crippen LogP contribution >= 0.6 is 24.0 Å². The maximum absolute atomic E-state index is 5.41. The Balaban J connectivity index is 0.00000400. The number of hydrogen-bond donors (Lipinski definition) is 2. The molecule has 0 bridgehead atoms. The lowest BCUT2D eigenvalue weighted by atomic mass is 10.2. The molecule has 2 N–H and O–H groups in total. The van der Waals surface area contributed by atoms with E-state index in [1.165, 1.54) is 0 Å². The monoisotopic (exact) mass is 407 g/mol. The van der Waals surface area contributed by atoms with Crippen LogP contribution in [-0.2, 0) is 6.54 Å². The molecule has 0 spiro atoms. The highest BCUT2D eigenvalue weighted by Crippen LogP contribution is 2.30. The second-order valence-electron chi connectivity index (χ2n) is 4.65. The lowest BCUT2D eigenvalue weighted by molar-refractivity contribution is 0.352. The van der Waals surface area contributed by atoms with Crippen LogP contribution in [0.5, 0.6) is 11.5 Å². The standard InChI is InChI=1S/C15H25N3O2.HI/c1-6-16-15(18-11(2)3)17-10-12-8-7-9-13(19-4)14(12)20-5;/h7-9,11H,6,10H2,1-5H3,(H2,16,17,18);1H. The molecule has 0 heterocycles. The van der Waals surface area contributed by atoms with Crippen molar-refractivity contribution in [2.45, 2.75) is 33.4 Å². The van der Waals surface area contributed by atoms with Gasteiger partial charge in [0.2, 0.25) is 0 Å². The molecular formula is C15H26IN3O2. The Hall–Kier alpha value is -1.18. The molecule has 5 nitrogen and oxygen atoms in total.